The molecule has 1 aliphatic rings. The summed E-state index contributed by atoms with van der Waals surface area (Å²) in [5.41, 5.74) is 2.10. The molecule has 24 heavy (non-hydrogen) atoms. The number of aromatic nitrogens is 1. The summed E-state index contributed by atoms with van der Waals surface area (Å²) in [4.78, 5) is 28.3. The van der Waals surface area contributed by atoms with Crippen LogP contribution in [0.25, 0.3) is 0 Å². The van der Waals surface area contributed by atoms with Gasteiger partial charge in [0, 0.05) is 17.1 Å². The van der Waals surface area contributed by atoms with Gasteiger partial charge in [-0.1, -0.05) is 19.1 Å². The number of carbonyl (C=O) groups is 2. The highest BCUT2D eigenvalue weighted by atomic mass is 32.1. The number of thiazole rings is 1. The molecule has 0 saturated heterocycles. The van der Waals surface area contributed by atoms with Crippen LogP contribution in [0.4, 0.5) is 5.69 Å². The lowest BCUT2D eigenvalue weighted by atomic mass is 10.1. The normalized spacial score (nSPS) is 13.5. The van der Waals surface area contributed by atoms with Gasteiger partial charge in [0.2, 0.25) is 5.91 Å². The molecule has 1 saturated carbocycles. The van der Waals surface area contributed by atoms with Crippen molar-refractivity contribution in [3.63, 3.8) is 0 Å². The number of benzene rings is 1. The standard InChI is InChI=1S/C18H21N3O2S/c1-2-3-17-21-15(11-24-17)18(23)20-14-6-4-12(5-7-14)10-16(22)19-13-8-9-13/h4-7,11,13H,2-3,8-10H2,1H3,(H,19,22)(H,20,23). The van der Waals surface area contributed by atoms with Crippen LogP contribution in [-0.2, 0) is 17.6 Å². The predicted octanol–water partition coefficient (Wildman–Crippen LogP) is 3.17. The Labute approximate surface area is 145 Å². The number of nitrogens with zero attached hydrogens (tertiary/aromatic N) is 1. The van der Waals surface area contributed by atoms with Crippen LogP contribution in [0.2, 0.25) is 0 Å². The average Bonchev–Trinajstić information content (AvgIpc) is 3.24. The summed E-state index contributed by atoms with van der Waals surface area (Å²) < 4.78 is 0. The summed E-state index contributed by atoms with van der Waals surface area (Å²) in [5, 5.41) is 8.58. The van der Waals surface area contributed by atoms with E-state index >= 15 is 0 Å². The Morgan fingerprint density at radius 3 is 2.67 bits per heavy atom. The van der Waals surface area contributed by atoms with Crippen molar-refractivity contribution in [2.24, 2.45) is 0 Å². The van der Waals surface area contributed by atoms with Crippen molar-refractivity contribution >= 4 is 28.8 Å². The molecule has 0 radical (unpaired) electrons. The lowest BCUT2D eigenvalue weighted by Gasteiger charge is -2.06. The first kappa shape index (κ1) is 16.6. The maximum atomic E-state index is 12.2. The Morgan fingerprint density at radius 2 is 2.00 bits per heavy atom. The second-order valence-electron chi connectivity index (χ2n) is 6.05. The van der Waals surface area contributed by atoms with Gasteiger partial charge in [-0.05, 0) is 43.4 Å². The summed E-state index contributed by atoms with van der Waals surface area (Å²) in [6.07, 6.45) is 4.47. The van der Waals surface area contributed by atoms with Crippen molar-refractivity contribution < 1.29 is 9.59 Å². The second-order valence-corrected chi connectivity index (χ2v) is 6.99. The van der Waals surface area contributed by atoms with E-state index in [1.807, 2.05) is 24.3 Å². The van der Waals surface area contributed by atoms with Crippen LogP contribution in [0, 0.1) is 0 Å². The third-order valence-corrected chi connectivity index (χ3v) is 4.68. The lowest BCUT2D eigenvalue weighted by Crippen LogP contribution is -2.26. The van der Waals surface area contributed by atoms with E-state index in [1.54, 1.807) is 5.38 Å². The topological polar surface area (TPSA) is 71.1 Å². The van der Waals surface area contributed by atoms with E-state index in [0.29, 0.717) is 23.8 Å². The van der Waals surface area contributed by atoms with E-state index in [0.717, 1.165) is 36.3 Å². The Morgan fingerprint density at radius 1 is 1.25 bits per heavy atom. The molecule has 0 atom stereocenters. The van der Waals surface area contributed by atoms with Crippen molar-refractivity contribution in [2.45, 2.75) is 45.1 Å². The number of nitrogens with one attached hydrogen (secondary N) is 2. The van der Waals surface area contributed by atoms with E-state index < -0.39 is 0 Å². The van der Waals surface area contributed by atoms with Crippen LogP contribution in [0.5, 0.6) is 0 Å². The van der Waals surface area contributed by atoms with Gasteiger partial charge in [0.1, 0.15) is 5.69 Å². The first-order chi connectivity index (χ1) is 11.6. The molecule has 1 heterocycles. The highest BCUT2D eigenvalue weighted by molar-refractivity contribution is 7.09. The Balaban J connectivity index is 1.54. The van der Waals surface area contributed by atoms with Crippen molar-refractivity contribution in [1.82, 2.24) is 10.3 Å². The van der Waals surface area contributed by atoms with Gasteiger partial charge >= 0.3 is 0 Å². The number of aryl methyl sites for hydroxylation is 1. The minimum atomic E-state index is -0.201. The summed E-state index contributed by atoms with van der Waals surface area (Å²) in [5.74, 6) is -0.145. The van der Waals surface area contributed by atoms with Crippen LogP contribution in [0.3, 0.4) is 0 Å². The van der Waals surface area contributed by atoms with Crippen molar-refractivity contribution in [1.29, 1.82) is 0 Å². The van der Waals surface area contributed by atoms with Crippen molar-refractivity contribution in [3.8, 4) is 0 Å². The van der Waals surface area contributed by atoms with Gasteiger partial charge < -0.3 is 10.6 Å². The van der Waals surface area contributed by atoms with E-state index in [9.17, 15) is 9.59 Å². The molecule has 2 amide bonds. The monoisotopic (exact) mass is 343 g/mol. The number of hydrogen-bond acceptors (Lipinski definition) is 4. The smallest absolute Gasteiger partial charge is 0.275 e. The van der Waals surface area contributed by atoms with Crippen molar-refractivity contribution in [2.75, 3.05) is 5.32 Å². The van der Waals surface area contributed by atoms with E-state index in [-0.39, 0.29) is 11.8 Å². The molecule has 2 aromatic rings. The van der Waals surface area contributed by atoms with Crippen LogP contribution in [0.15, 0.2) is 29.6 Å². The van der Waals surface area contributed by atoms with Gasteiger partial charge in [-0.25, -0.2) is 4.98 Å². The maximum absolute atomic E-state index is 12.2. The Kier molecular flexibility index (Phi) is 5.25. The molecular formula is C18H21N3O2S. The predicted molar refractivity (Wildman–Crippen MR) is 95.4 cm³/mol. The minimum absolute atomic E-state index is 0.0558. The van der Waals surface area contributed by atoms with Crippen LogP contribution in [-0.4, -0.2) is 22.8 Å². The quantitative estimate of drug-likeness (QED) is 0.811. The fourth-order valence-corrected chi connectivity index (χ4v) is 3.22. The number of amides is 2. The summed E-state index contributed by atoms with van der Waals surface area (Å²) in [6, 6.07) is 7.75. The highest BCUT2D eigenvalue weighted by Gasteiger charge is 2.23. The molecule has 0 bridgehead atoms. The Hall–Kier alpha value is -2.21. The average molecular weight is 343 g/mol. The zero-order valence-electron chi connectivity index (χ0n) is 13.7. The first-order valence-electron chi connectivity index (χ1n) is 8.28. The van der Waals surface area contributed by atoms with Gasteiger partial charge in [-0.15, -0.1) is 11.3 Å². The highest BCUT2D eigenvalue weighted by Crippen LogP contribution is 2.19. The largest absolute Gasteiger partial charge is 0.353 e. The molecule has 5 nitrogen and oxygen atoms in total. The SMILES string of the molecule is CCCc1nc(C(=O)Nc2ccc(CC(=O)NC3CC3)cc2)cs1. The molecule has 126 valence electrons. The lowest BCUT2D eigenvalue weighted by molar-refractivity contribution is -0.120. The summed E-state index contributed by atoms with van der Waals surface area (Å²) >= 11 is 1.52. The third-order valence-electron chi connectivity index (χ3n) is 3.77. The molecule has 1 aromatic carbocycles. The van der Waals surface area contributed by atoms with Crippen LogP contribution < -0.4 is 10.6 Å². The number of carbonyl (C=O) groups excluding carboxylic acids is 2. The molecule has 3 rings (SSSR count). The van der Waals surface area contributed by atoms with Crippen LogP contribution >= 0.6 is 11.3 Å². The first-order valence-corrected chi connectivity index (χ1v) is 9.16. The minimum Gasteiger partial charge on any atom is -0.353 e. The Bertz CT molecular complexity index is 720. The molecule has 0 aliphatic heterocycles. The van der Waals surface area contributed by atoms with Gasteiger partial charge in [0.15, 0.2) is 0 Å². The molecule has 1 aromatic heterocycles. The fraction of sp³-hybridized carbons (Fsp3) is 0.389. The zero-order chi connectivity index (χ0) is 16.9. The second kappa shape index (κ2) is 7.57. The molecule has 1 fully saturated rings. The zero-order valence-corrected chi connectivity index (χ0v) is 14.5. The summed E-state index contributed by atoms with van der Waals surface area (Å²) in [7, 11) is 0. The van der Waals surface area contributed by atoms with E-state index in [1.165, 1.54) is 11.3 Å². The van der Waals surface area contributed by atoms with Crippen LogP contribution in [0.1, 0.15) is 47.2 Å². The summed E-state index contributed by atoms with van der Waals surface area (Å²) in [6.45, 7) is 2.09. The van der Waals surface area contributed by atoms with Crippen molar-refractivity contribution in [3.05, 3.63) is 45.9 Å². The van der Waals surface area contributed by atoms with Gasteiger partial charge in [0.05, 0.1) is 11.4 Å². The molecule has 0 spiro atoms. The van der Waals surface area contributed by atoms with E-state index in [2.05, 4.69) is 22.5 Å². The van der Waals surface area contributed by atoms with E-state index in [4.69, 9.17) is 0 Å². The number of rotatable bonds is 7. The molecule has 1 aliphatic carbocycles. The fourth-order valence-electron chi connectivity index (χ4n) is 2.34. The molecule has 6 heteroatoms. The third kappa shape index (κ3) is 4.64. The number of anilines is 1. The maximum Gasteiger partial charge on any atom is 0.275 e. The molecule has 2 N–H and O–H groups in total. The van der Waals surface area contributed by atoms with Gasteiger partial charge in [-0.3, -0.25) is 9.59 Å². The molecule has 0 unspecified atom stereocenters. The van der Waals surface area contributed by atoms with Gasteiger partial charge in [0.25, 0.3) is 5.91 Å². The van der Waals surface area contributed by atoms with Gasteiger partial charge in [-0.2, -0.15) is 0 Å². The number of hydrogen-bond donors (Lipinski definition) is 2. The molecular weight excluding hydrogens is 322 g/mol.